The molecule has 14 heavy (non-hydrogen) atoms. The topological polar surface area (TPSA) is 53.7 Å². The van der Waals surface area contributed by atoms with Crippen molar-refractivity contribution in [3.05, 3.63) is 24.3 Å². The number of anilines is 1. The number of hydrogen-bond acceptors (Lipinski definition) is 4. The van der Waals surface area contributed by atoms with Crippen LogP contribution in [0, 0.1) is 0 Å². The molecule has 2 N–H and O–H groups in total. The number of hydrogen-bond donors (Lipinski definition) is 1. The van der Waals surface area contributed by atoms with Crippen LogP contribution in [0.1, 0.15) is 0 Å². The fourth-order valence-corrected chi connectivity index (χ4v) is 4.07. The Bertz CT molecular complexity index is 276. The van der Waals surface area contributed by atoms with Crippen molar-refractivity contribution < 1.29 is 27.7 Å². The third-order valence-corrected chi connectivity index (χ3v) is 6.21. The van der Waals surface area contributed by atoms with Crippen LogP contribution in [0.15, 0.2) is 24.3 Å². The van der Waals surface area contributed by atoms with E-state index in [9.17, 15) is 0 Å². The molecule has 0 heterocycles. The van der Waals surface area contributed by atoms with Gasteiger partial charge in [0.25, 0.3) is 0 Å². The van der Waals surface area contributed by atoms with Gasteiger partial charge in [-0.05, 0) is 0 Å². The zero-order chi connectivity index (χ0) is 10.6. The summed E-state index contributed by atoms with van der Waals surface area (Å²) in [6.07, 6.45) is 0. The Morgan fingerprint density at radius 1 is 0.929 bits per heavy atom. The van der Waals surface area contributed by atoms with E-state index >= 15 is 0 Å². The first-order chi connectivity index (χ1) is 6.68. The van der Waals surface area contributed by atoms with Crippen LogP contribution in [0.3, 0.4) is 0 Å². The second kappa shape index (κ2) is 4.91. The summed E-state index contributed by atoms with van der Waals surface area (Å²) in [6.45, 7) is 0. The summed E-state index contributed by atoms with van der Waals surface area (Å²) in [7, 11) is 4.80. The van der Waals surface area contributed by atoms with Crippen molar-refractivity contribution in [2.24, 2.45) is 0 Å². The van der Waals surface area contributed by atoms with E-state index < -0.39 is 17.8 Å². The van der Waals surface area contributed by atoms with Gasteiger partial charge < -0.3 is 0 Å². The molecule has 1 aromatic carbocycles. The van der Waals surface area contributed by atoms with Gasteiger partial charge in [0.05, 0.1) is 0 Å². The number of nitrogen functional groups attached to an aromatic ring is 1. The van der Waals surface area contributed by atoms with Crippen LogP contribution in [-0.4, -0.2) is 21.3 Å². The van der Waals surface area contributed by atoms with E-state index in [2.05, 4.69) is 0 Å². The Morgan fingerprint density at radius 2 is 1.36 bits per heavy atom. The Balaban J connectivity index is 3.05. The van der Waals surface area contributed by atoms with Crippen LogP contribution in [0.4, 0.5) is 5.69 Å². The summed E-state index contributed by atoms with van der Waals surface area (Å²) < 4.78 is 17.0. The van der Waals surface area contributed by atoms with Crippen molar-refractivity contribution in [3.8, 4) is 0 Å². The first-order valence-electron chi connectivity index (χ1n) is 4.20. The van der Waals surface area contributed by atoms with Gasteiger partial charge in [0.2, 0.25) is 0 Å². The van der Waals surface area contributed by atoms with Crippen molar-refractivity contribution in [1.82, 2.24) is 0 Å². The Morgan fingerprint density at radius 3 is 1.71 bits per heavy atom. The fourth-order valence-electron chi connectivity index (χ4n) is 1.29. The third-order valence-electron chi connectivity index (χ3n) is 2.07. The van der Waals surface area contributed by atoms with Crippen molar-refractivity contribution in [3.63, 3.8) is 0 Å². The minimum absolute atomic E-state index is 0.716. The molecule has 0 amide bonds. The van der Waals surface area contributed by atoms with Crippen molar-refractivity contribution in [1.29, 1.82) is 0 Å². The van der Waals surface area contributed by atoms with Gasteiger partial charge >= 0.3 is 88.6 Å². The zero-order valence-electron chi connectivity index (χ0n) is 8.61. The molecule has 0 fully saturated rings. The van der Waals surface area contributed by atoms with Gasteiger partial charge in [-0.15, -0.1) is 0 Å². The second-order valence-electron chi connectivity index (χ2n) is 2.79. The maximum atomic E-state index is 5.59. The Labute approximate surface area is 88.7 Å². The average molecular weight is 233 g/mol. The van der Waals surface area contributed by atoms with Gasteiger partial charge in [0, 0.05) is 0 Å². The van der Waals surface area contributed by atoms with E-state index in [1.807, 2.05) is 24.3 Å². The van der Waals surface area contributed by atoms with Gasteiger partial charge in [0.1, 0.15) is 0 Å². The van der Waals surface area contributed by atoms with Crippen molar-refractivity contribution >= 4 is 9.56 Å². The predicted octanol–water partition coefficient (Wildman–Crippen LogP) is 0.732. The van der Waals surface area contributed by atoms with Crippen LogP contribution in [-0.2, 0) is 27.7 Å². The van der Waals surface area contributed by atoms with Crippen LogP contribution in [0.5, 0.6) is 0 Å². The molecule has 4 nitrogen and oxygen atoms in total. The maximum absolute atomic E-state index is 5.59. The summed E-state index contributed by atoms with van der Waals surface area (Å²) >= 11 is -3.21. The van der Waals surface area contributed by atoms with E-state index in [-0.39, 0.29) is 0 Å². The third kappa shape index (κ3) is 2.16. The summed E-state index contributed by atoms with van der Waals surface area (Å²) in [6, 6.07) is 7.39. The van der Waals surface area contributed by atoms with Crippen molar-refractivity contribution in [2.75, 3.05) is 27.1 Å². The minimum atomic E-state index is -3.21. The SMILES string of the molecule is C[O][Ti]([O]C)([O]C)[c]1ccc(N)cc1. The fraction of sp³-hybridized carbons (Fsp3) is 0.333. The summed E-state index contributed by atoms with van der Waals surface area (Å²) in [4.78, 5) is 0. The monoisotopic (exact) mass is 233 g/mol. The van der Waals surface area contributed by atoms with Gasteiger partial charge in [-0.25, -0.2) is 0 Å². The first-order valence-corrected chi connectivity index (χ1v) is 6.89. The Kier molecular flexibility index (Phi) is 4.10. The number of benzene rings is 1. The molecule has 0 saturated heterocycles. The van der Waals surface area contributed by atoms with Crippen LogP contribution in [0.25, 0.3) is 0 Å². The summed E-state index contributed by atoms with van der Waals surface area (Å²) in [5.74, 6) is 0. The number of nitrogens with two attached hydrogens (primary N) is 1. The summed E-state index contributed by atoms with van der Waals surface area (Å²) in [5, 5.41) is 0. The molecular formula is C9H15NO3Ti. The van der Waals surface area contributed by atoms with Crippen molar-refractivity contribution in [2.45, 2.75) is 0 Å². The molecule has 0 unspecified atom stereocenters. The van der Waals surface area contributed by atoms with E-state index in [0.717, 1.165) is 3.87 Å². The van der Waals surface area contributed by atoms with E-state index in [0.29, 0.717) is 5.69 Å². The average Bonchev–Trinajstić information content (AvgIpc) is 2.24. The second-order valence-corrected chi connectivity index (χ2v) is 7.34. The van der Waals surface area contributed by atoms with Gasteiger partial charge in [-0.2, -0.15) is 0 Å². The van der Waals surface area contributed by atoms with Gasteiger partial charge in [-0.1, -0.05) is 0 Å². The summed E-state index contributed by atoms with van der Waals surface area (Å²) in [5.41, 5.74) is 6.31. The van der Waals surface area contributed by atoms with Crippen LogP contribution >= 0.6 is 0 Å². The zero-order valence-corrected chi connectivity index (χ0v) is 10.2. The molecule has 0 atom stereocenters. The normalized spacial score (nSPS) is 11.6. The molecule has 5 heteroatoms. The molecule has 1 aromatic rings. The van der Waals surface area contributed by atoms with Crippen LogP contribution < -0.4 is 9.60 Å². The van der Waals surface area contributed by atoms with E-state index in [1.165, 1.54) is 0 Å². The molecule has 0 radical (unpaired) electrons. The van der Waals surface area contributed by atoms with Gasteiger partial charge in [0.15, 0.2) is 0 Å². The van der Waals surface area contributed by atoms with Gasteiger partial charge in [-0.3, -0.25) is 0 Å². The molecular weight excluding hydrogens is 218 g/mol. The quantitative estimate of drug-likeness (QED) is 0.615. The molecule has 0 aliphatic rings. The van der Waals surface area contributed by atoms with E-state index in [1.54, 1.807) is 21.3 Å². The molecule has 0 aliphatic carbocycles. The Hall–Kier alpha value is -0.386. The molecule has 0 spiro atoms. The molecule has 1 rings (SSSR count). The number of rotatable bonds is 4. The first kappa shape index (κ1) is 11.7. The molecule has 0 aliphatic heterocycles. The van der Waals surface area contributed by atoms with Crippen LogP contribution in [0.2, 0.25) is 0 Å². The molecule has 78 valence electrons. The standard InChI is InChI=1S/C6H6N.3CH3O.Ti/c7-6-4-2-1-3-5-6;3*1-2;/h2-5H,7H2;3*1H3;/q;3*-1;+3. The molecule has 0 aromatic heterocycles. The van der Waals surface area contributed by atoms with E-state index in [4.69, 9.17) is 15.7 Å². The molecule has 0 bridgehead atoms. The predicted molar refractivity (Wildman–Crippen MR) is 51.5 cm³/mol. The molecule has 0 saturated carbocycles.